The molecule has 0 aliphatic carbocycles. The van der Waals surface area contributed by atoms with Crippen LogP contribution in [-0.2, 0) is 44.7 Å². The number of hydrogen-bond acceptors (Lipinski definition) is 9. The van der Waals surface area contributed by atoms with Crippen LogP contribution in [0, 0.1) is 0 Å². The summed E-state index contributed by atoms with van der Waals surface area (Å²) in [7, 11) is -2.53. The first-order valence-electron chi connectivity index (χ1n) is 9.19. The third kappa shape index (κ3) is 8.09. The maximum atomic E-state index is 12.5. The van der Waals surface area contributed by atoms with Gasteiger partial charge in [-0.15, -0.1) is 0 Å². The van der Waals surface area contributed by atoms with E-state index in [0.29, 0.717) is 0 Å². The van der Waals surface area contributed by atoms with Crippen molar-refractivity contribution in [2.45, 2.75) is 31.6 Å². The van der Waals surface area contributed by atoms with Gasteiger partial charge in [0.2, 0.25) is 0 Å². The van der Waals surface area contributed by atoms with Crippen LogP contribution in [0.3, 0.4) is 0 Å². The second-order valence-electron chi connectivity index (χ2n) is 6.81. The fourth-order valence-corrected chi connectivity index (χ4v) is 3.60. The van der Waals surface area contributed by atoms with Gasteiger partial charge in [0.25, 0.3) is 10.1 Å². The van der Waals surface area contributed by atoms with E-state index in [4.69, 9.17) is 13.7 Å². The van der Waals surface area contributed by atoms with Gasteiger partial charge in [-0.1, -0.05) is 30.3 Å². The molecule has 1 amide bonds. The Labute approximate surface area is 175 Å². The lowest BCUT2D eigenvalue weighted by Crippen LogP contribution is -2.39. The van der Waals surface area contributed by atoms with Gasteiger partial charge in [-0.25, -0.2) is 4.79 Å². The molecule has 2 rings (SSSR count). The quantitative estimate of drug-likeness (QED) is 0.294. The lowest BCUT2D eigenvalue weighted by Gasteiger charge is -2.23. The van der Waals surface area contributed by atoms with E-state index < -0.39 is 46.5 Å². The number of ether oxygens (including phenoxy) is 3. The zero-order valence-corrected chi connectivity index (χ0v) is 17.6. The van der Waals surface area contributed by atoms with E-state index in [1.165, 1.54) is 12.0 Å². The van der Waals surface area contributed by atoms with Crippen LogP contribution in [0.5, 0.6) is 0 Å². The van der Waals surface area contributed by atoms with Gasteiger partial charge >= 0.3 is 12.1 Å². The van der Waals surface area contributed by atoms with Crippen LogP contribution in [0.15, 0.2) is 30.3 Å². The highest BCUT2D eigenvalue weighted by Crippen LogP contribution is 2.23. The van der Waals surface area contributed by atoms with Crippen LogP contribution in [0.2, 0.25) is 0 Å². The molecule has 166 valence electrons. The van der Waals surface area contributed by atoms with E-state index in [2.05, 4.69) is 4.74 Å². The smallest absolute Gasteiger partial charge is 0.410 e. The second-order valence-corrected chi connectivity index (χ2v) is 8.41. The average molecular weight is 443 g/mol. The monoisotopic (exact) mass is 443 g/mol. The third-order valence-electron chi connectivity index (χ3n) is 4.27. The topological polar surface area (TPSA) is 126 Å². The molecule has 0 unspecified atom stereocenters. The Hall–Kier alpha value is -2.50. The molecule has 1 aromatic carbocycles. The van der Waals surface area contributed by atoms with E-state index in [-0.39, 0.29) is 32.8 Å². The summed E-state index contributed by atoms with van der Waals surface area (Å²) in [4.78, 5) is 36.6. The molecule has 0 radical (unpaired) electrons. The van der Waals surface area contributed by atoms with Crippen LogP contribution in [0.1, 0.15) is 18.4 Å². The maximum Gasteiger partial charge on any atom is 0.410 e. The van der Waals surface area contributed by atoms with E-state index in [9.17, 15) is 22.8 Å². The van der Waals surface area contributed by atoms with Crippen molar-refractivity contribution in [2.75, 3.05) is 33.1 Å². The SMILES string of the molecule is COC(=O)CC(=O)COC[C@@H]1C[C@@H](OS(C)(=O)=O)CN1C(=O)OCc1ccccc1. The number of likely N-dealkylation sites (tertiary alicyclic amines) is 1. The van der Waals surface area contributed by atoms with Gasteiger partial charge in [0.1, 0.15) is 19.6 Å². The zero-order chi connectivity index (χ0) is 22.1. The van der Waals surface area contributed by atoms with Gasteiger partial charge in [0.05, 0.1) is 38.7 Å². The molecule has 2 atom stereocenters. The molecule has 11 heteroatoms. The first-order chi connectivity index (χ1) is 14.2. The number of ketones is 1. The third-order valence-corrected chi connectivity index (χ3v) is 4.89. The second kappa shape index (κ2) is 11.0. The molecule has 0 N–H and O–H groups in total. The summed E-state index contributed by atoms with van der Waals surface area (Å²) in [5, 5.41) is 0. The van der Waals surface area contributed by atoms with Crippen molar-refractivity contribution in [1.29, 1.82) is 0 Å². The molecule has 1 aliphatic heterocycles. The Kier molecular flexibility index (Phi) is 8.75. The van der Waals surface area contributed by atoms with Crippen LogP contribution >= 0.6 is 0 Å². The summed E-state index contributed by atoms with van der Waals surface area (Å²) in [5.41, 5.74) is 0.801. The fraction of sp³-hybridized carbons (Fsp3) is 0.526. The van der Waals surface area contributed by atoms with Gasteiger partial charge in [0.15, 0.2) is 5.78 Å². The number of carbonyl (C=O) groups excluding carboxylic acids is 3. The summed E-state index contributed by atoms with van der Waals surface area (Å²) in [6.45, 7) is -0.323. The number of amides is 1. The summed E-state index contributed by atoms with van der Waals surface area (Å²) >= 11 is 0. The molecule has 1 fully saturated rings. The molecule has 1 saturated heterocycles. The lowest BCUT2D eigenvalue weighted by molar-refractivity contribution is -0.144. The summed E-state index contributed by atoms with van der Waals surface area (Å²) < 4.78 is 42.9. The molecular weight excluding hydrogens is 418 g/mol. The van der Waals surface area contributed by atoms with Crippen molar-refractivity contribution >= 4 is 28.0 Å². The van der Waals surface area contributed by atoms with Crippen LogP contribution in [-0.4, -0.2) is 76.4 Å². The number of Topliss-reactive ketones (excluding diaryl/α,β-unsaturated/α-hetero) is 1. The molecule has 0 saturated carbocycles. The van der Waals surface area contributed by atoms with Crippen LogP contribution < -0.4 is 0 Å². The predicted octanol–water partition coefficient (Wildman–Crippen LogP) is 0.891. The molecule has 1 aliphatic rings. The van der Waals surface area contributed by atoms with Gasteiger partial charge in [-0.2, -0.15) is 8.42 Å². The Morgan fingerprint density at radius 1 is 1.17 bits per heavy atom. The molecule has 0 aromatic heterocycles. The van der Waals surface area contributed by atoms with Crippen molar-refractivity contribution in [2.24, 2.45) is 0 Å². The molecular formula is C19H25NO9S. The summed E-state index contributed by atoms with van der Waals surface area (Å²) in [6.07, 6.45) is -0.681. The molecule has 0 bridgehead atoms. The molecule has 10 nitrogen and oxygen atoms in total. The van der Waals surface area contributed by atoms with E-state index in [0.717, 1.165) is 11.8 Å². The minimum Gasteiger partial charge on any atom is -0.469 e. The standard InChI is InChI=1S/C19H25NO9S/c1-26-18(22)9-16(21)13-27-12-15-8-17(29-30(2,24)25)10-20(15)19(23)28-11-14-6-4-3-5-7-14/h3-7,15,17H,8-13H2,1-2H3/t15-,17+/m0/s1. The summed E-state index contributed by atoms with van der Waals surface area (Å²) in [5.74, 6) is -1.14. The molecule has 1 aromatic rings. The number of esters is 1. The van der Waals surface area contributed by atoms with Crippen LogP contribution in [0.4, 0.5) is 4.79 Å². The van der Waals surface area contributed by atoms with E-state index >= 15 is 0 Å². The van der Waals surface area contributed by atoms with Crippen LogP contribution in [0.25, 0.3) is 0 Å². The predicted molar refractivity (Wildman–Crippen MR) is 104 cm³/mol. The minimum atomic E-state index is -3.71. The van der Waals surface area contributed by atoms with Crippen molar-refractivity contribution in [1.82, 2.24) is 4.90 Å². The number of methoxy groups -OCH3 is 1. The Morgan fingerprint density at radius 3 is 2.50 bits per heavy atom. The van der Waals surface area contributed by atoms with Crippen molar-refractivity contribution < 1.29 is 41.2 Å². The highest BCUT2D eigenvalue weighted by atomic mass is 32.2. The normalized spacial score (nSPS) is 18.8. The zero-order valence-electron chi connectivity index (χ0n) is 16.8. The lowest BCUT2D eigenvalue weighted by atomic mass is 10.2. The number of nitrogens with zero attached hydrogens (tertiary/aromatic N) is 1. The minimum absolute atomic E-state index is 0.00479. The highest BCUT2D eigenvalue weighted by Gasteiger charge is 2.38. The Bertz CT molecular complexity index is 841. The number of rotatable bonds is 10. The Morgan fingerprint density at radius 2 is 1.87 bits per heavy atom. The number of benzene rings is 1. The van der Waals surface area contributed by atoms with Crippen molar-refractivity contribution in [3.05, 3.63) is 35.9 Å². The number of hydrogen-bond donors (Lipinski definition) is 0. The largest absolute Gasteiger partial charge is 0.469 e. The fourth-order valence-electron chi connectivity index (χ4n) is 2.97. The number of carbonyl (C=O) groups is 3. The van der Waals surface area contributed by atoms with E-state index in [1.807, 2.05) is 18.2 Å². The maximum absolute atomic E-state index is 12.5. The molecule has 0 spiro atoms. The first kappa shape index (κ1) is 23.8. The van der Waals surface area contributed by atoms with E-state index in [1.54, 1.807) is 12.1 Å². The Balaban J connectivity index is 1.93. The first-order valence-corrected chi connectivity index (χ1v) is 11.0. The van der Waals surface area contributed by atoms with Gasteiger partial charge < -0.3 is 19.1 Å². The average Bonchev–Trinajstić information content (AvgIpc) is 3.07. The van der Waals surface area contributed by atoms with Crippen molar-refractivity contribution in [3.8, 4) is 0 Å². The molecule has 1 heterocycles. The van der Waals surface area contributed by atoms with Gasteiger partial charge in [-0.3, -0.25) is 13.8 Å². The van der Waals surface area contributed by atoms with Gasteiger partial charge in [0, 0.05) is 0 Å². The summed E-state index contributed by atoms with van der Waals surface area (Å²) in [6, 6.07) is 8.54. The molecule has 30 heavy (non-hydrogen) atoms. The van der Waals surface area contributed by atoms with Crippen molar-refractivity contribution in [3.63, 3.8) is 0 Å². The highest BCUT2D eigenvalue weighted by molar-refractivity contribution is 7.86. The van der Waals surface area contributed by atoms with Gasteiger partial charge in [-0.05, 0) is 12.0 Å².